The second-order valence-electron chi connectivity index (χ2n) is 5.74. The van der Waals surface area contributed by atoms with Gasteiger partial charge < -0.3 is 5.32 Å². The van der Waals surface area contributed by atoms with Gasteiger partial charge in [-0.15, -0.1) is 0 Å². The Bertz CT molecular complexity index is 569. The highest BCUT2D eigenvalue weighted by molar-refractivity contribution is 5.47. The number of benzene rings is 1. The molecule has 0 aliphatic heterocycles. The van der Waals surface area contributed by atoms with Gasteiger partial charge in [-0.1, -0.05) is 98.1 Å². The summed E-state index contributed by atoms with van der Waals surface area (Å²) in [6.07, 6.45) is 6.35. The molecule has 0 aliphatic carbocycles. The summed E-state index contributed by atoms with van der Waals surface area (Å²) in [5.41, 5.74) is 1.51. The fourth-order valence-electron chi connectivity index (χ4n) is 2.31. The number of hydrogen-bond acceptors (Lipinski definition) is 3. The third-order valence-corrected chi connectivity index (χ3v) is 3.82. The van der Waals surface area contributed by atoms with E-state index in [0.29, 0.717) is 0 Å². The summed E-state index contributed by atoms with van der Waals surface area (Å²) in [7, 11) is 0. The number of hydrogen-bond donors (Lipinski definition) is 1. The SMILES string of the molecule is C=C/C=C(\C=C)CN(CC)CCC(C)(C#N)Nc1ccccc1.CC.CC.CC. The summed E-state index contributed by atoms with van der Waals surface area (Å²) < 4.78 is 0. The fourth-order valence-corrected chi connectivity index (χ4v) is 2.31. The van der Waals surface area contributed by atoms with Gasteiger partial charge in [0.25, 0.3) is 0 Å². The standard InChI is InChI=1S/C20H27N3.3C2H6/c1-5-11-18(6-2)16-23(7-3)15-14-20(4,17-21)22-19-12-9-8-10-13-19;3*1-2/h5-6,8-13,22H,1-2,7,14-16H2,3-4H3;3*1-2H3/b18-11+;;;. The lowest BCUT2D eigenvalue weighted by Crippen LogP contribution is -2.38. The van der Waals surface area contributed by atoms with Crippen LogP contribution in [0, 0.1) is 11.3 Å². The lowest BCUT2D eigenvalue weighted by molar-refractivity contribution is 0.295. The van der Waals surface area contributed by atoms with Gasteiger partial charge in [0.2, 0.25) is 0 Å². The van der Waals surface area contributed by atoms with Crippen LogP contribution in [-0.2, 0) is 0 Å². The lowest BCUT2D eigenvalue weighted by Gasteiger charge is -2.28. The van der Waals surface area contributed by atoms with Gasteiger partial charge in [0, 0.05) is 18.8 Å². The zero-order chi connectivity index (χ0) is 23.1. The van der Waals surface area contributed by atoms with E-state index in [1.165, 1.54) is 0 Å². The minimum Gasteiger partial charge on any atom is -0.368 e. The van der Waals surface area contributed by atoms with E-state index in [1.54, 1.807) is 6.08 Å². The Labute approximate surface area is 181 Å². The van der Waals surface area contributed by atoms with Crippen molar-refractivity contribution in [2.45, 2.75) is 67.3 Å². The van der Waals surface area contributed by atoms with Gasteiger partial charge >= 0.3 is 0 Å². The number of nitrogens with zero attached hydrogens (tertiary/aromatic N) is 2. The number of nitrogens with one attached hydrogen (secondary N) is 1. The second kappa shape index (κ2) is 22.0. The smallest absolute Gasteiger partial charge is 0.123 e. The summed E-state index contributed by atoms with van der Waals surface area (Å²) in [5.74, 6) is 0. The number of para-hydroxylation sites is 1. The summed E-state index contributed by atoms with van der Waals surface area (Å²) in [6.45, 7) is 26.2. The van der Waals surface area contributed by atoms with Gasteiger partial charge in [-0.25, -0.2) is 0 Å². The highest BCUT2D eigenvalue weighted by atomic mass is 15.1. The van der Waals surface area contributed by atoms with Crippen molar-refractivity contribution in [3.05, 3.63) is 67.3 Å². The third-order valence-electron chi connectivity index (χ3n) is 3.82. The molecule has 1 aromatic rings. The average Bonchev–Trinajstić information content (AvgIpc) is 2.80. The van der Waals surface area contributed by atoms with Crippen LogP contribution >= 0.6 is 0 Å². The number of anilines is 1. The Balaban J connectivity index is -0.00000103. The normalized spacial score (nSPS) is 11.7. The fraction of sp³-hybridized carbons (Fsp3) is 0.500. The number of likely N-dealkylation sites (N-methyl/N-ethyl adjacent to an activating group) is 1. The molecule has 3 nitrogen and oxygen atoms in total. The first-order valence-corrected chi connectivity index (χ1v) is 11.0. The van der Waals surface area contributed by atoms with Crippen molar-refractivity contribution >= 4 is 5.69 Å². The van der Waals surface area contributed by atoms with Crippen LogP contribution < -0.4 is 5.32 Å². The van der Waals surface area contributed by atoms with Crippen LogP contribution in [0.3, 0.4) is 0 Å². The van der Waals surface area contributed by atoms with E-state index in [4.69, 9.17) is 0 Å². The number of allylic oxidation sites excluding steroid dienone is 2. The molecule has 0 radical (unpaired) electrons. The third kappa shape index (κ3) is 15.3. The number of nitriles is 1. The maximum absolute atomic E-state index is 9.57. The van der Waals surface area contributed by atoms with Gasteiger partial charge in [0.05, 0.1) is 6.07 Å². The molecule has 0 amide bonds. The van der Waals surface area contributed by atoms with E-state index >= 15 is 0 Å². The van der Waals surface area contributed by atoms with E-state index in [2.05, 4.69) is 36.4 Å². The molecular weight excluding hydrogens is 354 g/mol. The van der Waals surface area contributed by atoms with E-state index in [0.717, 1.165) is 37.3 Å². The maximum atomic E-state index is 9.57. The molecule has 0 saturated carbocycles. The Morgan fingerprint density at radius 3 is 2.07 bits per heavy atom. The quantitative estimate of drug-likeness (QED) is 0.415. The molecule has 1 aromatic carbocycles. The van der Waals surface area contributed by atoms with Gasteiger partial charge in [-0.3, -0.25) is 4.90 Å². The van der Waals surface area contributed by atoms with Crippen LogP contribution in [0.25, 0.3) is 0 Å². The summed E-state index contributed by atoms with van der Waals surface area (Å²) in [4.78, 5) is 2.30. The highest BCUT2D eigenvalue weighted by Gasteiger charge is 2.24. The largest absolute Gasteiger partial charge is 0.368 e. The summed E-state index contributed by atoms with van der Waals surface area (Å²) in [5, 5.41) is 12.9. The molecule has 0 aromatic heterocycles. The van der Waals surface area contributed by atoms with Gasteiger partial charge in [0.1, 0.15) is 5.54 Å². The first-order valence-electron chi connectivity index (χ1n) is 11.0. The topological polar surface area (TPSA) is 39.1 Å². The molecule has 1 N–H and O–H groups in total. The van der Waals surface area contributed by atoms with E-state index in [-0.39, 0.29) is 0 Å². The van der Waals surface area contributed by atoms with Crippen LogP contribution in [0.15, 0.2) is 67.3 Å². The van der Waals surface area contributed by atoms with Crippen molar-refractivity contribution in [2.24, 2.45) is 0 Å². The Morgan fingerprint density at radius 2 is 1.66 bits per heavy atom. The molecule has 0 heterocycles. The second-order valence-corrected chi connectivity index (χ2v) is 5.74. The molecule has 0 saturated heterocycles. The van der Waals surface area contributed by atoms with Crippen molar-refractivity contribution < 1.29 is 0 Å². The van der Waals surface area contributed by atoms with Crippen LogP contribution in [-0.4, -0.2) is 30.1 Å². The number of rotatable bonds is 10. The van der Waals surface area contributed by atoms with Gasteiger partial charge in [0.15, 0.2) is 0 Å². The van der Waals surface area contributed by atoms with Crippen molar-refractivity contribution in [3.8, 4) is 6.07 Å². The van der Waals surface area contributed by atoms with Crippen LogP contribution in [0.4, 0.5) is 5.69 Å². The van der Waals surface area contributed by atoms with Crippen molar-refractivity contribution in [3.63, 3.8) is 0 Å². The summed E-state index contributed by atoms with van der Waals surface area (Å²) >= 11 is 0. The first-order chi connectivity index (χ1) is 14.1. The molecule has 0 bridgehead atoms. The molecule has 1 atom stereocenters. The first kappa shape index (κ1) is 31.4. The van der Waals surface area contributed by atoms with E-state index < -0.39 is 5.54 Å². The van der Waals surface area contributed by atoms with Crippen molar-refractivity contribution in [1.82, 2.24) is 4.90 Å². The summed E-state index contributed by atoms with van der Waals surface area (Å²) in [6, 6.07) is 12.3. The monoisotopic (exact) mass is 399 g/mol. The van der Waals surface area contributed by atoms with Gasteiger partial charge in [-0.2, -0.15) is 5.26 Å². The maximum Gasteiger partial charge on any atom is 0.123 e. The van der Waals surface area contributed by atoms with Gasteiger partial charge in [-0.05, 0) is 37.6 Å². The highest BCUT2D eigenvalue weighted by Crippen LogP contribution is 2.18. The molecule has 3 heteroatoms. The van der Waals surface area contributed by atoms with Crippen LogP contribution in [0.1, 0.15) is 61.8 Å². The molecule has 1 unspecified atom stereocenters. The molecular formula is C26H45N3. The van der Waals surface area contributed by atoms with E-state index in [9.17, 15) is 5.26 Å². The molecule has 29 heavy (non-hydrogen) atoms. The molecule has 1 rings (SSSR count). The minimum atomic E-state index is -0.592. The van der Waals surface area contributed by atoms with E-state index in [1.807, 2.05) is 91.0 Å². The Kier molecular flexibility index (Phi) is 23.8. The Morgan fingerprint density at radius 1 is 1.10 bits per heavy atom. The molecule has 0 fully saturated rings. The predicted octanol–water partition coefficient (Wildman–Crippen LogP) is 7.47. The molecule has 0 spiro atoms. The molecule has 0 aliphatic rings. The lowest BCUT2D eigenvalue weighted by atomic mass is 9.98. The predicted molar refractivity (Wildman–Crippen MR) is 133 cm³/mol. The van der Waals surface area contributed by atoms with Crippen molar-refractivity contribution in [2.75, 3.05) is 25.0 Å². The van der Waals surface area contributed by atoms with Crippen molar-refractivity contribution in [1.29, 1.82) is 5.26 Å². The zero-order valence-corrected chi connectivity index (χ0v) is 20.3. The minimum absolute atomic E-state index is 0.592. The van der Waals surface area contributed by atoms with Crippen LogP contribution in [0.5, 0.6) is 0 Å². The average molecular weight is 400 g/mol. The zero-order valence-electron chi connectivity index (χ0n) is 20.3. The Hall–Kier alpha value is -2.31. The molecule has 164 valence electrons. The van der Waals surface area contributed by atoms with Crippen LogP contribution in [0.2, 0.25) is 0 Å².